The number of alkyl halides is 3. The Labute approximate surface area is 135 Å². The zero-order chi connectivity index (χ0) is 16.3. The number of amides is 1. The number of carbonyl (C=O) groups excluding carboxylic acids is 1. The summed E-state index contributed by atoms with van der Waals surface area (Å²) >= 11 is 11.2. The standard InChI is InChI=1S/C13H13ClF3N3OS/c14-9-3-1-2-4-10(9)19-12(22)20-6-5-8(7-20)18-11(21)13(15,16)17/h1-4,8H,5-7H2,(H,18,21)(H,19,22). The minimum absolute atomic E-state index is 0.220. The smallest absolute Gasteiger partial charge is 0.347 e. The summed E-state index contributed by atoms with van der Waals surface area (Å²) < 4.78 is 36.6. The molecule has 1 fully saturated rings. The predicted octanol–water partition coefficient (Wildman–Crippen LogP) is 2.79. The van der Waals surface area contributed by atoms with E-state index >= 15 is 0 Å². The first-order valence-electron chi connectivity index (χ1n) is 6.45. The van der Waals surface area contributed by atoms with Crippen molar-refractivity contribution in [1.29, 1.82) is 0 Å². The van der Waals surface area contributed by atoms with Crippen molar-refractivity contribution in [2.45, 2.75) is 18.6 Å². The summed E-state index contributed by atoms with van der Waals surface area (Å²) in [5.41, 5.74) is 0.622. The fourth-order valence-electron chi connectivity index (χ4n) is 2.09. The molecule has 1 atom stereocenters. The van der Waals surface area contributed by atoms with Crippen LogP contribution >= 0.6 is 23.8 Å². The van der Waals surface area contributed by atoms with Gasteiger partial charge >= 0.3 is 12.1 Å². The second-order valence-electron chi connectivity index (χ2n) is 4.81. The molecule has 0 aromatic heterocycles. The Morgan fingerprint density at radius 3 is 2.68 bits per heavy atom. The SMILES string of the molecule is O=C(NC1CCN(C(=S)Nc2ccccc2Cl)C1)C(F)(F)F. The first-order valence-corrected chi connectivity index (χ1v) is 7.24. The number of rotatable bonds is 2. The maximum Gasteiger partial charge on any atom is 0.471 e. The minimum Gasteiger partial charge on any atom is -0.347 e. The molecule has 1 amide bonds. The van der Waals surface area contributed by atoms with Gasteiger partial charge in [-0.2, -0.15) is 13.2 Å². The van der Waals surface area contributed by atoms with Crippen molar-refractivity contribution in [2.75, 3.05) is 18.4 Å². The number of nitrogens with one attached hydrogen (secondary N) is 2. The molecule has 1 unspecified atom stereocenters. The van der Waals surface area contributed by atoms with Gasteiger partial charge in [0, 0.05) is 19.1 Å². The Morgan fingerprint density at radius 1 is 1.36 bits per heavy atom. The molecule has 0 saturated carbocycles. The molecule has 9 heteroatoms. The summed E-state index contributed by atoms with van der Waals surface area (Å²) in [4.78, 5) is 12.6. The summed E-state index contributed by atoms with van der Waals surface area (Å²) in [6.07, 6.45) is -4.48. The van der Waals surface area contributed by atoms with Crippen LogP contribution in [0.4, 0.5) is 18.9 Å². The highest BCUT2D eigenvalue weighted by molar-refractivity contribution is 7.80. The molecule has 0 bridgehead atoms. The molecular formula is C13H13ClF3N3OS. The zero-order valence-electron chi connectivity index (χ0n) is 11.3. The van der Waals surface area contributed by atoms with Crippen molar-refractivity contribution in [1.82, 2.24) is 10.2 Å². The lowest BCUT2D eigenvalue weighted by Gasteiger charge is -2.21. The summed E-state index contributed by atoms with van der Waals surface area (Å²) in [6, 6.07) is 6.42. The summed E-state index contributed by atoms with van der Waals surface area (Å²) in [5, 5.41) is 5.76. The Balaban J connectivity index is 1.89. The molecule has 1 aromatic carbocycles. The first-order chi connectivity index (χ1) is 10.3. The molecule has 22 heavy (non-hydrogen) atoms. The number of nitrogens with zero attached hydrogens (tertiary/aromatic N) is 1. The number of para-hydroxylation sites is 1. The molecule has 1 aliphatic rings. The summed E-state index contributed by atoms with van der Waals surface area (Å²) in [7, 11) is 0. The third kappa shape index (κ3) is 4.23. The van der Waals surface area contributed by atoms with Gasteiger partial charge in [-0.25, -0.2) is 0 Å². The highest BCUT2D eigenvalue weighted by Gasteiger charge is 2.40. The summed E-state index contributed by atoms with van der Waals surface area (Å²) in [6.45, 7) is 0.678. The van der Waals surface area contributed by atoms with E-state index in [1.165, 1.54) is 0 Å². The highest BCUT2D eigenvalue weighted by atomic mass is 35.5. The molecule has 2 N–H and O–H groups in total. The monoisotopic (exact) mass is 351 g/mol. The van der Waals surface area contributed by atoms with Crippen molar-refractivity contribution < 1.29 is 18.0 Å². The maximum absolute atomic E-state index is 12.2. The van der Waals surface area contributed by atoms with Crippen LogP contribution in [0.15, 0.2) is 24.3 Å². The van der Waals surface area contributed by atoms with E-state index in [0.717, 1.165) is 0 Å². The van der Waals surface area contributed by atoms with E-state index < -0.39 is 18.1 Å². The molecule has 4 nitrogen and oxygen atoms in total. The van der Waals surface area contributed by atoms with E-state index in [1.54, 1.807) is 29.2 Å². The predicted molar refractivity (Wildman–Crippen MR) is 81.8 cm³/mol. The normalized spacial score (nSPS) is 18.2. The Kier molecular flexibility index (Phi) is 5.12. The number of anilines is 1. The fourth-order valence-corrected chi connectivity index (χ4v) is 2.55. The maximum atomic E-state index is 12.2. The van der Waals surface area contributed by atoms with E-state index in [2.05, 4.69) is 5.32 Å². The van der Waals surface area contributed by atoms with E-state index in [-0.39, 0.29) is 6.54 Å². The average Bonchev–Trinajstić information content (AvgIpc) is 2.89. The lowest BCUT2D eigenvalue weighted by atomic mass is 10.2. The second-order valence-corrected chi connectivity index (χ2v) is 5.61. The van der Waals surface area contributed by atoms with Gasteiger partial charge in [0.1, 0.15) is 0 Å². The molecule has 1 aromatic rings. The fraction of sp³-hybridized carbons (Fsp3) is 0.385. The molecule has 0 spiro atoms. The minimum atomic E-state index is -4.87. The molecule has 120 valence electrons. The molecule has 0 radical (unpaired) electrons. The quantitative estimate of drug-likeness (QED) is 0.804. The zero-order valence-corrected chi connectivity index (χ0v) is 12.9. The Hall–Kier alpha value is -1.54. The van der Waals surface area contributed by atoms with Crippen LogP contribution in [0.25, 0.3) is 0 Å². The number of halogens is 4. The topological polar surface area (TPSA) is 44.4 Å². The second kappa shape index (κ2) is 6.70. The van der Waals surface area contributed by atoms with Crippen molar-refractivity contribution in [3.63, 3.8) is 0 Å². The van der Waals surface area contributed by atoms with Crippen molar-refractivity contribution in [2.24, 2.45) is 0 Å². The summed E-state index contributed by atoms with van der Waals surface area (Å²) in [5.74, 6) is -1.93. The van der Waals surface area contributed by atoms with E-state index in [1.807, 2.05) is 5.32 Å². The van der Waals surface area contributed by atoms with Crippen molar-refractivity contribution in [3.05, 3.63) is 29.3 Å². The third-order valence-corrected chi connectivity index (χ3v) is 3.87. The van der Waals surface area contributed by atoms with E-state index in [9.17, 15) is 18.0 Å². The van der Waals surface area contributed by atoms with Crippen LogP contribution in [0.3, 0.4) is 0 Å². The number of thiocarbonyl (C=S) groups is 1. The van der Waals surface area contributed by atoms with Gasteiger partial charge in [0.05, 0.1) is 10.7 Å². The number of hydrogen-bond acceptors (Lipinski definition) is 2. The van der Waals surface area contributed by atoms with E-state index in [4.69, 9.17) is 23.8 Å². The number of hydrogen-bond donors (Lipinski definition) is 2. The van der Waals surface area contributed by atoms with Gasteiger partial charge in [-0.05, 0) is 30.8 Å². The molecule has 2 rings (SSSR count). The lowest BCUT2D eigenvalue weighted by molar-refractivity contribution is -0.174. The number of benzene rings is 1. The Bertz CT molecular complexity index is 582. The molecule has 0 aliphatic carbocycles. The van der Waals surface area contributed by atoms with Gasteiger partial charge in [0.25, 0.3) is 0 Å². The van der Waals surface area contributed by atoms with E-state index in [0.29, 0.717) is 28.8 Å². The highest BCUT2D eigenvalue weighted by Crippen LogP contribution is 2.22. The number of likely N-dealkylation sites (tertiary alicyclic amines) is 1. The van der Waals surface area contributed by atoms with Crippen LogP contribution in [0.2, 0.25) is 5.02 Å². The molecule has 1 saturated heterocycles. The van der Waals surface area contributed by atoms with Crippen LogP contribution in [0, 0.1) is 0 Å². The van der Waals surface area contributed by atoms with Gasteiger partial charge < -0.3 is 15.5 Å². The van der Waals surface area contributed by atoms with Gasteiger partial charge in [0.15, 0.2) is 5.11 Å². The van der Waals surface area contributed by atoms with Gasteiger partial charge in [-0.3, -0.25) is 4.79 Å². The Morgan fingerprint density at radius 2 is 2.05 bits per heavy atom. The molecular weight excluding hydrogens is 339 g/mol. The van der Waals surface area contributed by atoms with Gasteiger partial charge in [0.2, 0.25) is 0 Å². The van der Waals surface area contributed by atoms with Crippen molar-refractivity contribution in [3.8, 4) is 0 Å². The lowest BCUT2D eigenvalue weighted by Crippen LogP contribution is -2.45. The average molecular weight is 352 g/mol. The first kappa shape index (κ1) is 16.8. The third-order valence-electron chi connectivity index (χ3n) is 3.18. The van der Waals surface area contributed by atoms with Crippen LogP contribution in [0.5, 0.6) is 0 Å². The molecule has 1 aliphatic heterocycles. The largest absolute Gasteiger partial charge is 0.471 e. The van der Waals surface area contributed by atoms with Crippen LogP contribution in [-0.2, 0) is 4.79 Å². The van der Waals surface area contributed by atoms with Crippen molar-refractivity contribution >= 4 is 40.5 Å². The molecule has 1 heterocycles. The van der Waals surface area contributed by atoms with Crippen LogP contribution in [-0.4, -0.2) is 41.2 Å². The van der Waals surface area contributed by atoms with Gasteiger partial charge in [-0.1, -0.05) is 23.7 Å². The van der Waals surface area contributed by atoms with Gasteiger partial charge in [-0.15, -0.1) is 0 Å². The van der Waals surface area contributed by atoms with Crippen LogP contribution < -0.4 is 10.6 Å². The van der Waals surface area contributed by atoms with Crippen LogP contribution in [0.1, 0.15) is 6.42 Å². The number of carbonyl (C=O) groups is 1.